The van der Waals surface area contributed by atoms with Crippen molar-refractivity contribution in [3.8, 4) is 22.6 Å². The summed E-state index contributed by atoms with van der Waals surface area (Å²) in [6.07, 6.45) is -4.73. The third-order valence-electron chi connectivity index (χ3n) is 4.90. The smallest absolute Gasteiger partial charge is 0.351 e. The summed E-state index contributed by atoms with van der Waals surface area (Å²) >= 11 is 1.52. The molecule has 0 atom stereocenters. The fraction of sp³-hybridized carbons (Fsp3) is 0.217. The molecule has 0 aliphatic rings. The number of carbonyl (C=O) groups excluding carboxylic acids is 1. The number of benzene rings is 2. The Balaban J connectivity index is 1.45. The van der Waals surface area contributed by atoms with Crippen molar-refractivity contribution in [2.45, 2.75) is 25.4 Å². The van der Waals surface area contributed by atoms with Crippen LogP contribution in [0.25, 0.3) is 22.6 Å². The van der Waals surface area contributed by atoms with Crippen LogP contribution in [0.2, 0.25) is 0 Å². The predicted octanol–water partition coefficient (Wildman–Crippen LogP) is 5.59. The number of rotatable bonds is 6. The van der Waals surface area contributed by atoms with Crippen molar-refractivity contribution in [2.75, 3.05) is 6.54 Å². The number of nitrogens with one attached hydrogen (secondary N) is 1. The number of hydrogen-bond acceptors (Lipinski definition) is 6. The molecule has 2 aromatic heterocycles. The molecule has 33 heavy (non-hydrogen) atoms. The minimum absolute atomic E-state index is 0.242. The van der Waals surface area contributed by atoms with Crippen molar-refractivity contribution in [3.05, 3.63) is 76.4 Å². The van der Waals surface area contributed by atoms with Crippen molar-refractivity contribution in [1.29, 1.82) is 0 Å². The Labute approximate surface area is 191 Å². The van der Waals surface area contributed by atoms with Crippen LogP contribution >= 0.6 is 11.3 Å². The van der Waals surface area contributed by atoms with E-state index in [-0.39, 0.29) is 22.9 Å². The number of aromatic nitrogens is 3. The first-order valence-electron chi connectivity index (χ1n) is 9.94. The molecule has 0 saturated carbocycles. The largest absolute Gasteiger partial charge is 0.471 e. The Bertz CT molecular complexity index is 1270. The molecule has 4 rings (SSSR count). The van der Waals surface area contributed by atoms with Gasteiger partial charge in [-0.25, -0.2) is 4.98 Å². The first-order valence-corrected chi connectivity index (χ1v) is 10.8. The second-order valence-corrected chi connectivity index (χ2v) is 8.83. The predicted molar refractivity (Wildman–Crippen MR) is 118 cm³/mol. The molecule has 2 aromatic carbocycles. The van der Waals surface area contributed by atoms with Crippen LogP contribution in [0.4, 0.5) is 13.2 Å². The molecule has 4 aromatic rings. The number of thiazole rings is 1. The summed E-state index contributed by atoms with van der Waals surface area (Å²) in [7, 11) is 0. The highest BCUT2D eigenvalue weighted by atomic mass is 32.1. The minimum Gasteiger partial charge on any atom is -0.351 e. The molecule has 2 heterocycles. The number of carbonyl (C=O) groups is 1. The maximum atomic E-state index is 12.7. The zero-order valence-corrected chi connectivity index (χ0v) is 18.5. The lowest BCUT2D eigenvalue weighted by atomic mass is 9.94. The zero-order chi connectivity index (χ0) is 23.6. The van der Waals surface area contributed by atoms with E-state index in [1.54, 1.807) is 12.1 Å². The van der Waals surface area contributed by atoms with Crippen LogP contribution in [-0.4, -0.2) is 27.6 Å². The van der Waals surface area contributed by atoms with E-state index in [1.165, 1.54) is 23.5 Å². The minimum atomic E-state index is -4.73. The van der Waals surface area contributed by atoms with Gasteiger partial charge < -0.3 is 9.84 Å². The maximum absolute atomic E-state index is 12.7. The lowest BCUT2D eigenvalue weighted by molar-refractivity contribution is -0.159. The highest BCUT2D eigenvalue weighted by Crippen LogP contribution is 2.31. The van der Waals surface area contributed by atoms with Crippen LogP contribution in [0.5, 0.6) is 0 Å². The van der Waals surface area contributed by atoms with Gasteiger partial charge in [-0.1, -0.05) is 61.5 Å². The number of amides is 1. The van der Waals surface area contributed by atoms with E-state index >= 15 is 0 Å². The van der Waals surface area contributed by atoms with Gasteiger partial charge in [-0.05, 0) is 12.1 Å². The van der Waals surface area contributed by atoms with Gasteiger partial charge in [-0.3, -0.25) is 4.79 Å². The fourth-order valence-corrected chi connectivity index (χ4v) is 4.01. The summed E-state index contributed by atoms with van der Waals surface area (Å²) in [5.74, 6) is -2.05. The average molecular weight is 472 g/mol. The molecular weight excluding hydrogens is 453 g/mol. The van der Waals surface area contributed by atoms with Crippen molar-refractivity contribution < 1.29 is 22.5 Å². The van der Waals surface area contributed by atoms with Crippen LogP contribution in [0.1, 0.15) is 35.1 Å². The molecule has 0 radical (unpaired) electrons. The SMILES string of the molecule is CC(C)(CNC(=O)c1cccc(-c2noc(C(F)(F)F)n2)c1)c1nc(-c2ccccc2)cs1. The van der Waals surface area contributed by atoms with Gasteiger partial charge in [-0.15, -0.1) is 11.3 Å². The van der Waals surface area contributed by atoms with Gasteiger partial charge >= 0.3 is 12.1 Å². The molecule has 1 amide bonds. The third-order valence-corrected chi connectivity index (χ3v) is 6.10. The van der Waals surface area contributed by atoms with Gasteiger partial charge in [0.25, 0.3) is 5.91 Å². The average Bonchev–Trinajstić information content (AvgIpc) is 3.49. The van der Waals surface area contributed by atoms with Crippen LogP contribution in [0.3, 0.4) is 0 Å². The van der Waals surface area contributed by atoms with Crippen LogP contribution in [0.15, 0.2) is 64.5 Å². The Hall–Kier alpha value is -3.53. The van der Waals surface area contributed by atoms with Gasteiger partial charge in [-0.2, -0.15) is 18.2 Å². The van der Waals surface area contributed by atoms with E-state index in [0.717, 1.165) is 16.3 Å². The zero-order valence-electron chi connectivity index (χ0n) is 17.7. The number of nitrogens with zero attached hydrogens (tertiary/aromatic N) is 3. The van der Waals surface area contributed by atoms with Gasteiger partial charge in [0.05, 0.1) is 5.69 Å². The fourth-order valence-electron chi connectivity index (χ4n) is 3.06. The molecule has 0 unspecified atom stereocenters. The standard InChI is InChI=1S/C23H19F3N4O2S/c1-22(2,21-28-17(12-33-21)14-7-4-3-5-8-14)13-27-19(31)16-10-6-9-15(11-16)18-29-20(32-30-18)23(24,25)26/h3-12H,13H2,1-2H3,(H,27,31). The number of hydrogen-bond donors (Lipinski definition) is 1. The van der Waals surface area contributed by atoms with Gasteiger partial charge in [0.2, 0.25) is 5.82 Å². The summed E-state index contributed by atoms with van der Waals surface area (Å²) in [5, 5.41) is 9.10. The Morgan fingerprint density at radius 1 is 1.03 bits per heavy atom. The number of halogens is 3. The molecule has 0 spiro atoms. The van der Waals surface area contributed by atoms with Gasteiger partial charge in [0.1, 0.15) is 5.01 Å². The molecule has 0 aliphatic heterocycles. The topological polar surface area (TPSA) is 80.9 Å². The van der Waals surface area contributed by atoms with Crippen LogP contribution in [0, 0.1) is 0 Å². The van der Waals surface area contributed by atoms with E-state index in [0.29, 0.717) is 6.54 Å². The molecule has 1 N–H and O–H groups in total. The maximum Gasteiger partial charge on any atom is 0.471 e. The van der Waals surface area contributed by atoms with E-state index in [2.05, 4.69) is 20.0 Å². The highest BCUT2D eigenvalue weighted by molar-refractivity contribution is 7.10. The van der Waals surface area contributed by atoms with Crippen molar-refractivity contribution in [2.24, 2.45) is 0 Å². The lowest BCUT2D eigenvalue weighted by Crippen LogP contribution is -2.36. The monoisotopic (exact) mass is 472 g/mol. The van der Waals surface area contributed by atoms with Gasteiger partial charge in [0, 0.05) is 34.0 Å². The van der Waals surface area contributed by atoms with Crippen molar-refractivity contribution >= 4 is 17.2 Å². The van der Waals surface area contributed by atoms with E-state index in [4.69, 9.17) is 4.98 Å². The highest BCUT2D eigenvalue weighted by Gasteiger charge is 2.38. The third kappa shape index (κ3) is 5.11. The summed E-state index contributed by atoms with van der Waals surface area (Å²) in [6, 6.07) is 15.9. The summed E-state index contributed by atoms with van der Waals surface area (Å²) < 4.78 is 42.4. The lowest BCUT2D eigenvalue weighted by Gasteiger charge is -2.22. The molecule has 0 saturated heterocycles. The first-order chi connectivity index (χ1) is 15.6. The molecular formula is C23H19F3N4O2S. The normalized spacial score (nSPS) is 12.0. The number of alkyl halides is 3. The Kier molecular flexibility index (Phi) is 6.03. The van der Waals surface area contributed by atoms with Crippen LogP contribution in [-0.2, 0) is 11.6 Å². The molecule has 170 valence electrons. The Morgan fingerprint density at radius 3 is 2.45 bits per heavy atom. The molecule has 0 bridgehead atoms. The quantitative estimate of drug-likeness (QED) is 0.396. The second-order valence-electron chi connectivity index (χ2n) is 7.97. The summed E-state index contributed by atoms with van der Waals surface area (Å²) in [5.41, 5.74) is 1.98. The van der Waals surface area contributed by atoms with E-state index in [1.807, 2.05) is 49.6 Å². The van der Waals surface area contributed by atoms with Crippen molar-refractivity contribution in [3.63, 3.8) is 0 Å². The molecule has 10 heteroatoms. The summed E-state index contributed by atoms with van der Waals surface area (Å²) in [6.45, 7) is 4.28. The molecule has 0 fully saturated rings. The molecule has 6 nitrogen and oxygen atoms in total. The first kappa shape index (κ1) is 22.7. The second kappa shape index (κ2) is 8.78. The Morgan fingerprint density at radius 2 is 1.76 bits per heavy atom. The van der Waals surface area contributed by atoms with Crippen molar-refractivity contribution in [1.82, 2.24) is 20.4 Å². The van der Waals surface area contributed by atoms with Crippen LogP contribution < -0.4 is 5.32 Å². The summed E-state index contributed by atoms with van der Waals surface area (Å²) in [4.78, 5) is 20.8. The molecule has 0 aliphatic carbocycles. The van der Waals surface area contributed by atoms with E-state index in [9.17, 15) is 18.0 Å². The van der Waals surface area contributed by atoms with E-state index < -0.39 is 17.5 Å². The van der Waals surface area contributed by atoms with Gasteiger partial charge in [0.15, 0.2) is 0 Å².